The average Bonchev–Trinajstić information content (AvgIpc) is 3.26. The Morgan fingerprint density at radius 3 is 2.23 bits per heavy atom. The largest absolute Gasteiger partial charge is 0.416 e. The number of halogens is 3. The fraction of sp³-hybridized carbons (Fsp3) is 0.333. The van der Waals surface area contributed by atoms with Gasteiger partial charge in [-0.3, -0.25) is 0 Å². The van der Waals surface area contributed by atoms with E-state index in [1.807, 2.05) is 12.2 Å². The van der Waals surface area contributed by atoms with Crippen LogP contribution in [0.25, 0.3) is 0 Å². The van der Waals surface area contributed by atoms with E-state index in [-0.39, 0.29) is 5.66 Å². The second-order valence-electron chi connectivity index (χ2n) is 6.83. The molecule has 0 radical (unpaired) electrons. The van der Waals surface area contributed by atoms with Gasteiger partial charge >= 0.3 is 6.18 Å². The first-order valence-corrected chi connectivity index (χ1v) is 10.1. The minimum Gasteiger partial charge on any atom is -0.303 e. The zero-order valence-electron chi connectivity index (χ0n) is 15.2. The second kappa shape index (κ2) is 7.54. The fourth-order valence-electron chi connectivity index (χ4n) is 3.32. The highest BCUT2D eigenvalue weighted by molar-refractivity contribution is 7.71. The van der Waals surface area contributed by atoms with Crippen LogP contribution in [0.1, 0.15) is 18.9 Å². The molecule has 26 heavy (non-hydrogen) atoms. The molecule has 0 bridgehead atoms. The van der Waals surface area contributed by atoms with Gasteiger partial charge in [0.05, 0.1) is 5.56 Å². The van der Waals surface area contributed by atoms with Gasteiger partial charge in [0.15, 0.2) is 0 Å². The summed E-state index contributed by atoms with van der Waals surface area (Å²) in [7, 11) is 3.34. The summed E-state index contributed by atoms with van der Waals surface area (Å²) in [6.45, 7) is 2.18. The lowest BCUT2D eigenvalue weighted by atomic mass is 10.1. The number of nitrogens with zero attached hydrogens (tertiary/aromatic N) is 1. The van der Waals surface area contributed by atoms with Crippen LogP contribution in [0.3, 0.4) is 0 Å². The third kappa shape index (κ3) is 3.87. The maximum atomic E-state index is 12.9. The normalized spacial score (nSPS) is 19.8. The monoisotopic (exact) mass is 377 g/mol. The van der Waals surface area contributed by atoms with Crippen LogP contribution < -0.4 is 5.30 Å². The van der Waals surface area contributed by atoms with Gasteiger partial charge in [-0.2, -0.15) is 13.2 Å². The van der Waals surface area contributed by atoms with Crippen molar-refractivity contribution >= 4 is 13.2 Å². The molecule has 0 aliphatic heterocycles. The highest BCUT2D eigenvalue weighted by Crippen LogP contribution is 2.55. The van der Waals surface area contributed by atoms with Crippen LogP contribution >= 0.6 is 7.92 Å². The van der Waals surface area contributed by atoms with Crippen molar-refractivity contribution in [2.24, 2.45) is 0 Å². The van der Waals surface area contributed by atoms with Crippen molar-refractivity contribution in [2.45, 2.75) is 31.2 Å². The van der Waals surface area contributed by atoms with E-state index in [0.29, 0.717) is 6.04 Å². The summed E-state index contributed by atoms with van der Waals surface area (Å²) in [5, 5.41) is 2.28. The molecule has 0 spiro atoms. The number of likely N-dealkylation sites (N-methyl/N-ethyl adjacent to an activating group) is 1. The van der Waals surface area contributed by atoms with Crippen LogP contribution in [0, 0.1) is 0 Å². The molecular weight excluding hydrogens is 354 g/mol. The van der Waals surface area contributed by atoms with Gasteiger partial charge in [0.2, 0.25) is 0 Å². The maximum absolute atomic E-state index is 12.9. The molecule has 1 nitrogen and oxygen atoms in total. The number of alkyl halides is 3. The van der Waals surface area contributed by atoms with E-state index in [1.54, 1.807) is 12.1 Å². The molecule has 138 valence electrons. The molecule has 0 N–H and O–H groups in total. The van der Waals surface area contributed by atoms with Crippen molar-refractivity contribution in [3.8, 4) is 0 Å². The highest BCUT2D eigenvalue weighted by Gasteiger charge is 2.32. The lowest BCUT2D eigenvalue weighted by Gasteiger charge is -2.29. The van der Waals surface area contributed by atoms with E-state index in [9.17, 15) is 13.2 Å². The smallest absolute Gasteiger partial charge is 0.303 e. The molecule has 1 aromatic carbocycles. The van der Waals surface area contributed by atoms with Crippen LogP contribution in [0.15, 0.2) is 71.6 Å². The topological polar surface area (TPSA) is 3.24 Å². The van der Waals surface area contributed by atoms with Gasteiger partial charge in [-0.25, -0.2) is 0 Å². The molecule has 2 aliphatic carbocycles. The van der Waals surface area contributed by atoms with Gasteiger partial charge in [-0.05, 0) is 63.7 Å². The third-order valence-corrected chi connectivity index (χ3v) is 7.73. The third-order valence-electron chi connectivity index (χ3n) is 4.98. The van der Waals surface area contributed by atoms with Crippen molar-refractivity contribution in [1.82, 2.24) is 4.90 Å². The SMILES string of the molecule is C[C@H](C1=C(P(c2ccc(C(F)(F)F)cc2)C2C=CC=C2)C=CC1)N(C)C. The lowest BCUT2D eigenvalue weighted by molar-refractivity contribution is -0.137. The van der Waals surface area contributed by atoms with Crippen LogP contribution in [0.2, 0.25) is 0 Å². The Morgan fingerprint density at radius 1 is 1.08 bits per heavy atom. The van der Waals surface area contributed by atoms with E-state index < -0.39 is 19.7 Å². The summed E-state index contributed by atoms with van der Waals surface area (Å²) in [6, 6.07) is 6.04. The molecule has 0 saturated heterocycles. The highest BCUT2D eigenvalue weighted by atomic mass is 31.1. The number of benzene rings is 1. The molecule has 2 aliphatic rings. The minimum atomic E-state index is -4.30. The molecule has 0 amide bonds. The zero-order valence-corrected chi connectivity index (χ0v) is 16.1. The quantitative estimate of drug-likeness (QED) is 0.615. The molecule has 0 heterocycles. The van der Waals surface area contributed by atoms with Gasteiger partial charge in [-0.1, -0.05) is 48.6 Å². The molecule has 3 rings (SSSR count). The Bertz CT molecular complexity index is 757. The number of rotatable bonds is 5. The molecular formula is C21H23F3NP. The summed E-state index contributed by atoms with van der Waals surface area (Å²) in [4.78, 5) is 2.18. The van der Waals surface area contributed by atoms with Crippen LogP contribution in [-0.2, 0) is 6.18 Å². The molecule has 2 atom stereocenters. The summed E-state index contributed by atoms with van der Waals surface area (Å²) in [5.74, 6) is 0. The summed E-state index contributed by atoms with van der Waals surface area (Å²) >= 11 is 0. The van der Waals surface area contributed by atoms with E-state index >= 15 is 0 Å². The standard InChI is InChI=1S/C21H23F3NP/c1-15(25(2)3)19-9-6-10-20(19)26(17-7-4-5-8-17)18-13-11-16(12-14-18)21(22,23)24/h4-8,10-15,17H,9H2,1-3H3/t15-,26?/m1/s1. The Balaban J connectivity index is 2.04. The van der Waals surface area contributed by atoms with Crippen molar-refractivity contribution in [2.75, 3.05) is 14.1 Å². The van der Waals surface area contributed by atoms with Crippen LogP contribution in [0.5, 0.6) is 0 Å². The van der Waals surface area contributed by atoms with Crippen LogP contribution in [-0.4, -0.2) is 30.7 Å². The van der Waals surface area contributed by atoms with E-state index in [2.05, 4.69) is 50.2 Å². The Kier molecular flexibility index (Phi) is 5.55. The van der Waals surface area contributed by atoms with Crippen molar-refractivity contribution in [1.29, 1.82) is 0 Å². The predicted octanol–water partition coefficient (Wildman–Crippen LogP) is 5.47. The fourth-order valence-corrected chi connectivity index (χ4v) is 6.13. The Morgan fingerprint density at radius 2 is 1.69 bits per heavy atom. The Hall–Kier alpha value is -1.64. The number of hydrogen-bond acceptors (Lipinski definition) is 1. The summed E-state index contributed by atoms with van der Waals surface area (Å²) in [6.07, 6.45) is 9.32. The van der Waals surface area contributed by atoms with Crippen LogP contribution in [0.4, 0.5) is 13.2 Å². The van der Waals surface area contributed by atoms with Gasteiger partial charge in [-0.15, -0.1) is 0 Å². The Labute approximate surface area is 154 Å². The second-order valence-corrected chi connectivity index (χ2v) is 9.17. The van der Waals surface area contributed by atoms with Gasteiger partial charge < -0.3 is 4.90 Å². The molecule has 0 fully saturated rings. The maximum Gasteiger partial charge on any atom is 0.416 e. The van der Waals surface area contributed by atoms with E-state index in [4.69, 9.17) is 0 Å². The van der Waals surface area contributed by atoms with Crippen molar-refractivity contribution in [3.05, 3.63) is 77.2 Å². The molecule has 1 unspecified atom stereocenters. The summed E-state index contributed by atoms with van der Waals surface area (Å²) in [5.41, 5.74) is 1.00. The predicted molar refractivity (Wildman–Crippen MR) is 104 cm³/mol. The van der Waals surface area contributed by atoms with E-state index in [0.717, 1.165) is 11.7 Å². The lowest BCUT2D eigenvalue weighted by Crippen LogP contribution is -2.27. The first-order valence-electron chi connectivity index (χ1n) is 8.66. The van der Waals surface area contributed by atoms with Gasteiger partial charge in [0, 0.05) is 11.7 Å². The van der Waals surface area contributed by atoms with Gasteiger partial charge in [0.1, 0.15) is 0 Å². The number of allylic oxidation sites excluding steroid dienone is 7. The first-order chi connectivity index (χ1) is 12.3. The number of hydrogen-bond donors (Lipinski definition) is 0. The van der Waals surface area contributed by atoms with Crippen molar-refractivity contribution < 1.29 is 13.2 Å². The zero-order chi connectivity index (χ0) is 18.9. The first kappa shape index (κ1) is 19.1. The molecule has 5 heteroatoms. The molecule has 1 aromatic rings. The average molecular weight is 377 g/mol. The minimum absolute atomic E-state index is 0.226. The van der Waals surface area contributed by atoms with E-state index in [1.165, 1.54) is 23.0 Å². The van der Waals surface area contributed by atoms with Crippen molar-refractivity contribution in [3.63, 3.8) is 0 Å². The molecule has 0 aromatic heterocycles. The van der Waals surface area contributed by atoms with Gasteiger partial charge in [0.25, 0.3) is 0 Å². The molecule has 0 saturated carbocycles. The summed E-state index contributed by atoms with van der Waals surface area (Å²) < 4.78 is 38.8.